The molecule has 0 fully saturated rings. The summed E-state index contributed by atoms with van der Waals surface area (Å²) in [5.41, 5.74) is 0.773. The number of rotatable bonds is 7. The fourth-order valence-electron chi connectivity index (χ4n) is 2.01. The maximum Gasteiger partial charge on any atom is 0.343 e. The highest BCUT2D eigenvalue weighted by Gasteiger charge is 2.13. The zero-order chi connectivity index (χ0) is 18.2. The van der Waals surface area contributed by atoms with Crippen molar-refractivity contribution < 1.29 is 23.8 Å². The summed E-state index contributed by atoms with van der Waals surface area (Å²) < 4.78 is 16.1. The van der Waals surface area contributed by atoms with Crippen molar-refractivity contribution in [2.75, 3.05) is 13.7 Å². The van der Waals surface area contributed by atoms with Crippen LogP contribution in [0.3, 0.4) is 0 Å². The highest BCUT2D eigenvalue weighted by Crippen LogP contribution is 2.27. The first-order chi connectivity index (χ1) is 12.0. The van der Waals surface area contributed by atoms with Crippen molar-refractivity contribution in [2.45, 2.75) is 19.8 Å². The standard InChI is InChI=1S/C19H19BrO5/c1-3-4-11-24-15-8-5-13(6-9-15)19(22)25-17-10-7-14(12-16(17)20)18(21)23-2/h5-10,12H,3-4,11H2,1-2H3. The van der Waals surface area contributed by atoms with E-state index in [1.807, 2.05) is 0 Å². The zero-order valence-corrected chi connectivity index (χ0v) is 15.7. The molecular weight excluding hydrogens is 388 g/mol. The Labute approximate surface area is 155 Å². The van der Waals surface area contributed by atoms with E-state index in [1.165, 1.54) is 19.2 Å². The minimum atomic E-state index is -0.494. The molecular formula is C19H19BrO5. The van der Waals surface area contributed by atoms with Crippen LogP contribution in [0.5, 0.6) is 11.5 Å². The molecule has 0 saturated carbocycles. The van der Waals surface area contributed by atoms with Crippen LogP contribution in [0, 0.1) is 0 Å². The fraction of sp³-hybridized carbons (Fsp3) is 0.263. The number of unbranched alkanes of at least 4 members (excludes halogenated alkanes) is 1. The first-order valence-electron chi connectivity index (χ1n) is 7.88. The van der Waals surface area contributed by atoms with Crippen molar-refractivity contribution in [1.29, 1.82) is 0 Å². The summed E-state index contributed by atoms with van der Waals surface area (Å²) in [7, 11) is 1.31. The molecule has 0 bridgehead atoms. The molecule has 0 aromatic heterocycles. The monoisotopic (exact) mass is 406 g/mol. The normalized spacial score (nSPS) is 10.2. The van der Waals surface area contributed by atoms with Gasteiger partial charge in [0.15, 0.2) is 0 Å². The minimum Gasteiger partial charge on any atom is -0.494 e. The van der Waals surface area contributed by atoms with Crippen LogP contribution in [-0.4, -0.2) is 25.7 Å². The van der Waals surface area contributed by atoms with Crippen molar-refractivity contribution >= 4 is 27.9 Å². The van der Waals surface area contributed by atoms with Gasteiger partial charge in [-0.3, -0.25) is 0 Å². The Hall–Kier alpha value is -2.34. The average Bonchev–Trinajstić information content (AvgIpc) is 2.63. The molecule has 0 aliphatic heterocycles. The minimum absolute atomic E-state index is 0.320. The van der Waals surface area contributed by atoms with E-state index < -0.39 is 11.9 Å². The second kappa shape index (κ2) is 9.22. The Bertz CT molecular complexity index is 740. The average molecular weight is 407 g/mol. The Morgan fingerprint density at radius 2 is 1.68 bits per heavy atom. The van der Waals surface area contributed by atoms with E-state index in [4.69, 9.17) is 9.47 Å². The summed E-state index contributed by atoms with van der Waals surface area (Å²) in [6, 6.07) is 11.4. The number of esters is 2. The molecule has 0 saturated heterocycles. The molecule has 132 valence electrons. The lowest BCUT2D eigenvalue weighted by Gasteiger charge is -2.09. The van der Waals surface area contributed by atoms with Gasteiger partial charge in [0.05, 0.1) is 29.3 Å². The van der Waals surface area contributed by atoms with Gasteiger partial charge in [0, 0.05) is 0 Å². The lowest BCUT2D eigenvalue weighted by molar-refractivity contribution is 0.0600. The van der Waals surface area contributed by atoms with E-state index >= 15 is 0 Å². The van der Waals surface area contributed by atoms with Gasteiger partial charge in [-0.25, -0.2) is 9.59 Å². The van der Waals surface area contributed by atoms with Gasteiger partial charge in [0.25, 0.3) is 0 Å². The third-order valence-corrected chi connectivity index (χ3v) is 4.03. The van der Waals surface area contributed by atoms with Crippen molar-refractivity contribution in [2.24, 2.45) is 0 Å². The molecule has 6 heteroatoms. The number of carbonyl (C=O) groups is 2. The summed E-state index contributed by atoms with van der Waals surface area (Å²) in [5, 5.41) is 0. The summed E-state index contributed by atoms with van der Waals surface area (Å²) in [5.74, 6) is 0.0819. The number of hydrogen-bond acceptors (Lipinski definition) is 5. The van der Waals surface area contributed by atoms with Crippen LogP contribution in [0.1, 0.15) is 40.5 Å². The van der Waals surface area contributed by atoms with Gasteiger partial charge in [-0.15, -0.1) is 0 Å². The molecule has 2 aromatic rings. The van der Waals surface area contributed by atoms with Crippen LogP contribution < -0.4 is 9.47 Å². The molecule has 2 rings (SSSR count). The van der Waals surface area contributed by atoms with Gasteiger partial charge in [0.1, 0.15) is 11.5 Å². The molecule has 0 amide bonds. The Morgan fingerprint density at radius 1 is 1.00 bits per heavy atom. The number of methoxy groups -OCH3 is 1. The van der Waals surface area contributed by atoms with Crippen molar-refractivity contribution in [3.63, 3.8) is 0 Å². The molecule has 2 aromatic carbocycles. The first kappa shape index (κ1) is 19.0. The lowest BCUT2D eigenvalue weighted by Crippen LogP contribution is -2.09. The Morgan fingerprint density at radius 3 is 2.28 bits per heavy atom. The number of hydrogen-bond donors (Lipinski definition) is 0. The molecule has 0 spiro atoms. The molecule has 25 heavy (non-hydrogen) atoms. The molecule has 0 unspecified atom stereocenters. The second-order valence-corrected chi connectivity index (χ2v) is 6.11. The SMILES string of the molecule is CCCCOc1ccc(C(=O)Oc2ccc(C(=O)OC)cc2Br)cc1. The van der Waals surface area contributed by atoms with Gasteiger partial charge in [-0.1, -0.05) is 13.3 Å². The number of halogens is 1. The fourth-order valence-corrected chi connectivity index (χ4v) is 2.47. The third-order valence-electron chi connectivity index (χ3n) is 3.41. The van der Waals surface area contributed by atoms with Crippen LogP contribution in [0.25, 0.3) is 0 Å². The summed E-state index contributed by atoms with van der Waals surface area (Å²) in [6.07, 6.45) is 2.05. The van der Waals surface area contributed by atoms with Gasteiger partial charge >= 0.3 is 11.9 Å². The Balaban J connectivity index is 2.03. The maximum absolute atomic E-state index is 12.2. The van der Waals surface area contributed by atoms with Crippen molar-refractivity contribution in [1.82, 2.24) is 0 Å². The van der Waals surface area contributed by atoms with E-state index in [9.17, 15) is 9.59 Å². The summed E-state index contributed by atoms with van der Waals surface area (Å²) >= 11 is 3.29. The highest BCUT2D eigenvalue weighted by atomic mass is 79.9. The predicted molar refractivity (Wildman–Crippen MR) is 97.3 cm³/mol. The van der Waals surface area contributed by atoms with Crippen LogP contribution in [0.15, 0.2) is 46.9 Å². The number of benzene rings is 2. The Kier molecular flexibility index (Phi) is 7.01. The molecule has 0 atom stereocenters. The summed E-state index contributed by atoms with van der Waals surface area (Å²) in [6.45, 7) is 2.75. The van der Waals surface area contributed by atoms with Gasteiger partial charge < -0.3 is 14.2 Å². The quantitative estimate of drug-likeness (QED) is 0.380. The largest absolute Gasteiger partial charge is 0.494 e. The van der Waals surface area contributed by atoms with E-state index in [1.54, 1.807) is 30.3 Å². The first-order valence-corrected chi connectivity index (χ1v) is 8.67. The van der Waals surface area contributed by atoms with Gasteiger partial charge in [-0.05, 0) is 64.8 Å². The lowest BCUT2D eigenvalue weighted by atomic mass is 10.2. The smallest absolute Gasteiger partial charge is 0.343 e. The van der Waals surface area contributed by atoms with Crippen LogP contribution in [0.4, 0.5) is 0 Å². The van der Waals surface area contributed by atoms with E-state index in [-0.39, 0.29) is 0 Å². The highest BCUT2D eigenvalue weighted by molar-refractivity contribution is 9.10. The van der Waals surface area contributed by atoms with Crippen molar-refractivity contribution in [3.8, 4) is 11.5 Å². The number of carbonyl (C=O) groups excluding carboxylic acids is 2. The van der Waals surface area contributed by atoms with E-state index in [2.05, 4.69) is 27.6 Å². The number of ether oxygens (including phenoxy) is 3. The topological polar surface area (TPSA) is 61.8 Å². The van der Waals surface area contributed by atoms with E-state index in [0.29, 0.717) is 33.7 Å². The molecule has 0 aliphatic rings. The van der Waals surface area contributed by atoms with Crippen LogP contribution >= 0.6 is 15.9 Å². The van der Waals surface area contributed by atoms with Crippen LogP contribution in [-0.2, 0) is 4.74 Å². The molecule has 0 aliphatic carbocycles. The van der Waals surface area contributed by atoms with Crippen molar-refractivity contribution in [3.05, 3.63) is 58.1 Å². The molecule has 0 radical (unpaired) electrons. The molecule has 0 heterocycles. The predicted octanol–water partition coefficient (Wildman–Crippen LogP) is 4.63. The zero-order valence-electron chi connectivity index (χ0n) is 14.1. The van der Waals surface area contributed by atoms with E-state index in [0.717, 1.165) is 12.8 Å². The third kappa shape index (κ3) is 5.32. The van der Waals surface area contributed by atoms with Gasteiger partial charge in [0.2, 0.25) is 0 Å². The van der Waals surface area contributed by atoms with Crippen LogP contribution in [0.2, 0.25) is 0 Å². The molecule has 0 N–H and O–H groups in total. The molecule has 5 nitrogen and oxygen atoms in total. The van der Waals surface area contributed by atoms with Gasteiger partial charge in [-0.2, -0.15) is 0 Å². The summed E-state index contributed by atoms with van der Waals surface area (Å²) in [4.78, 5) is 23.7. The maximum atomic E-state index is 12.2. The second-order valence-electron chi connectivity index (χ2n) is 5.25.